The van der Waals surface area contributed by atoms with Gasteiger partial charge in [-0.1, -0.05) is 18.2 Å². The quantitative estimate of drug-likeness (QED) is 0.569. The lowest BCUT2D eigenvalue weighted by Gasteiger charge is -2.04. The molecule has 0 aliphatic carbocycles. The van der Waals surface area contributed by atoms with Gasteiger partial charge in [0, 0.05) is 16.8 Å². The number of methoxy groups -OCH3 is 1. The third-order valence-corrected chi connectivity index (χ3v) is 3.68. The van der Waals surface area contributed by atoms with Crippen LogP contribution in [0.3, 0.4) is 0 Å². The second-order valence-electron chi connectivity index (χ2n) is 4.65. The lowest BCUT2D eigenvalue weighted by Crippen LogP contribution is -2.16. The number of benzene rings is 1. The first-order chi connectivity index (χ1) is 9.74. The van der Waals surface area contributed by atoms with Gasteiger partial charge in [0.2, 0.25) is 11.5 Å². The van der Waals surface area contributed by atoms with E-state index in [9.17, 15) is 9.90 Å². The van der Waals surface area contributed by atoms with Crippen molar-refractivity contribution in [3.8, 4) is 11.5 Å². The number of nitrogens with zero attached hydrogens (tertiary/aromatic N) is 1. The van der Waals surface area contributed by atoms with E-state index < -0.39 is 5.56 Å². The molecule has 2 N–H and O–H groups in total. The Labute approximate surface area is 113 Å². The maximum absolute atomic E-state index is 12.4. The van der Waals surface area contributed by atoms with E-state index in [0.717, 1.165) is 21.8 Å². The molecule has 20 heavy (non-hydrogen) atoms. The number of para-hydroxylation sites is 1. The van der Waals surface area contributed by atoms with Gasteiger partial charge in [-0.2, -0.15) is 0 Å². The molecule has 0 bridgehead atoms. The summed E-state index contributed by atoms with van der Waals surface area (Å²) in [5.41, 5.74) is 1.64. The molecule has 3 heterocycles. The number of fused-ring (bicyclic) bond motifs is 3. The largest absolute Gasteiger partial charge is 0.500 e. The highest BCUT2D eigenvalue weighted by molar-refractivity contribution is 6.13. The van der Waals surface area contributed by atoms with E-state index in [2.05, 4.69) is 4.98 Å². The summed E-state index contributed by atoms with van der Waals surface area (Å²) in [7, 11) is 1.43. The normalized spacial score (nSPS) is 11.7. The Kier molecular flexibility index (Phi) is 1.99. The van der Waals surface area contributed by atoms with Crippen LogP contribution in [-0.4, -0.2) is 16.6 Å². The molecule has 0 aliphatic heterocycles. The summed E-state index contributed by atoms with van der Waals surface area (Å²) in [5.74, 6) is -0.207. The third kappa shape index (κ3) is 1.12. The highest BCUT2D eigenvalue weighted by atomic mass is 16.5. The number of H-pyrrole nitrogens is 1. The molecule has 0 saturated heterocycles. The Hall–Kier alpha value is -2.82. The Bertz CT molecular complexity index is 1020. The predicted octanol–water partition coefficient (Wildman–Crippen LogP) is 1.57. The number of hydrogen-bond acceptors (Lipinski definition) is 3. The van der Waals surface area contributed by atoms with Crippen molar-refractivity contribution in [3.63, 3.8) is 0 Å². The molecule has 0 atom stereocenters. The lowest BCUT2D eigenvalue weighted by molar-refractivity contribution is -0.345. The van der Waals surface area contributed by atoms with Crippen LogP contribution in [0.25, 0.3) is 27.3 Å². The van der Waals surface area contributed by atoms with Gasteiger partial charge in [0.05, 0.1) is 12.6 Å². The number of aromatic nitrogens is 2. The smallest absolute Gasteiger partial charge is 0.302 e. The number of aromatic amines is 1. The Morgan fingerprint density at radius 2 is 2.00 bits per heavy atom. The van der Waals surface area contributed by atoms with Crippen molar-refractivity contribution in [3.05, 3.63) is 46.9 Å². The Morgan fingerprint density at radius 1 is 1.20 bits per heavy atom. The van der Waals surface area contributed by atoms with Gasteiger partial charge in [0.25, 0.3) is 5.52 Å². The van der Waals surface area contributed by atoms with E-state index in [1.54, 1.807) is 6.20 Å². The van der Waals surface area contributed by atoms with Gasteiger partial charge < -0.3 is 9.84 Å². The minimum absolute atomic E-state index is 0.177. The van der Waals surface area contributed by atoms with E-state index in [4.69, 9.17) is 4.74 Å². The summed E-state index contributed by atoms with van der Waals surface area (Å²) in [6.07, 6.45) is 1.77. The van der Waals surface area contributed by atoms with Crippen molar-refractivity contribution in [2.75, 3.05) is 7.11 Å². The van der Waals surface area contributed by atoms with Crippen LogP contribution in [0.2, 0.25) is 0 Å². The first kappa shape index (κ1) is 11.0. The first-order valence-corrected chi connectivity index (χ1v) is 6.20. The number of hydrogen-bond donors (Lipinski definition) is 1. The summed E-state index contributed by atoms with van der Waals surface area (Å²) >= 11 is 0. The van der Waals surface area contributed by atoms with Crippen LogP contribution in [0.5, 0.6) is 11.5 Å². The Balaban J connectivity index is 2.49. The van der Waals surface area contributed by atoms with Crippen LogP contribution < -0.4 is 15.3 Å². The van der Waals surface area contributed by atoms with Gasteiger partial charge in [0.1, 0.15) is 5.52 Å². The van der Waals surface area contributed by atoms with Crippen molar-refractivity contribution in [2.24, 2.45) is 0 Å². The molecule has 0 aliphatic rings. The van der Waals surface area contributed by atoms with Crippen molar-refractivity contribution in [2.45, 2.75) is 0 Å². The van der Waals surface area contributed by atoms with Gasteiger partial charge in [0.15, 0.2) is 6.20 Å². The van der Waals surface area contributed by atoms with Crippen LogP contribution in [0.1, 0.15) is 0 Å². The summed E-state index contributed by atoms with van der Waals surface area (Å²) in [5, 5.41) is 12.0. The van der Waals surface area contributed by atoms with Crippen molar-refractivity contribution < 1.29 is 14.8 Å². The van der Waals surface area contributed by atoms with Gasteiger partial charge in [-0.05, 0) is 6.07 Å². The van der Waals surface area contributed by atoms with E-state index in [1.165, 1.54) is 11.5 Å². The highest BCUT2D eigenvalue weighted by Gasteiger charge is 2.25. The van der Waals surface area contributed by atoms with Crippen LogP contribution in [0.4, 0.5) is 0 Å². The molecule has 3 aromatic heterocycles. The zero-order valence-corrected chi connectivity index (χ0v) is 10.7. The minimum atomic E-state index is -0.472. The molecule has 4 rings (SSSR count). The van der Waals surface area contributed by atoms with Gasteiger partial charge in [-0.15, -0.1) is 0 Å². The van der Waals surface area contributed by atoms with Gasteiger partial charge in [-0.25, -0.2) is 4.98 Å². The molecule has 5 heteroatoms. The molecular weight excluding hydrogens is 256 g/mol. The third-order valence-electron chi connectivity index (χ3n) is 3.68. The maximum Gasteiger partial charge on any atom is 0.302 e. The second-order valence-corrected chi connectivity index (χ2v) is 4.65. The molecule has 0 unspecified atom stereocenters. The zero-order valence-electron chi connectivity index (χ0n) is 10.7. The van der Waals surface area contributed by atoms with Gasteiger partial charge >= 0.3 is 5.56 Å². The topological polar surface area (TPSA) is 65.1 Å². The van der Waals surface area contributed by atoms with E-state index >= 15 is 0 Å². The molecule has 0 fully saturated rings. The molecule has 1 aromatic carbocycles. The van der Waals surface area contributed by atoms with Crippen molar-refractivity contribution in [1.29, 1.82) is 0 Å². The van der Waals surface area contributed by atoms with Crippen molar-refractivity contribution in [1.82, 2.24) is 4.40 Å². The monoisotopic (exact) mass is 267 g/mol. The number of ether oxygens (including phenoxy) is 1. The maximum atomic E-state index is 12.4. The van der Waals surface area contributed by atoms with Crippen LogP contribution in [0, 0.1) is 0 Å². The molecule has 0 amide bonds. The highest BCUT2D eigenvalue weighted by Crippen LogP contribution is 2.35. The molecule has 0 saturated carbocycles. The lowest BCUT2D eigenvalue weighted by atomic mass is 10.2. The SMILES string of the molecule is COc1c(O)c(=O)n2c3ccccc3c3cc[nH+]c1c32. The standard InChI is InChI=1S/C15H10N2O3/c1-20-14-11-12-9(6-7-16-11)8-4-2-3-5-10(8)17(12)15(19)13(14)18/h2-7,18H,1H3/p+1. The fourth-order valence-electron chi connectivity index (χ4n) is 2.86. The van der Waals surface area contributed by atoms with Crippen LogP contribution in [-0.2, 0) is 0 Å². The Morgan fingerprint density at radius 3 is 2.80 bits per heavy atom. The molecule has 4 aromatic rings. The number of nitrogens with one attached hydrogen (secondary N) is 1. The van der Waals surface area contributed by atoms with E-state index in [-0.39, 0.29) is 11.5 Å². The molecule has 5 nitrogen and oxygen atoms in total. The average molecular weight is 267 g/mol. The predicted molar refractivity (Wildman–Crippen MR) is 74.6 cm³/mol. The van der Waals surface area contributed by atoms with E-state index in [1.807, 2.05) is 30.3 Å². The van der Waals surface area contributed by atoms with Crippen LogP contribution >= 0.6 is 0 Å². The molecule has 0 radical (unpaired) electrons. The van der Waals surface area contributed by atoms with Crippen molar-refractivity contribution >= 4 is 27.3 Å². The summed E-state index contributed by atoms with van der Waals surface area (Å²) in [4.78, 5) is 15.5. The number of pyridine rings is 2. The molecular formula is C15H11N2O3+. The number of rotatable bonds is 1. The zero-order chi connectivity index (χ0) is 13.9. The fourth-order valence-corrected chi connectivity index (χ4v) is 2.86. The van der Waals surface area contributed by atoms with Gasteiger partial charge in [-0.3, -0.25) is 9.20 Å². The summed E-state index contributed by atoms with van der Waals surface area (Å²) in [6, 6.07) is 9.53. The minimum Gasteiger partial charge on any atom is -0.500 e. The van der Waals surface area contributed by atoms with Crippen LogP contribution in [0.15, 0.2) is 41.3 Å². The van der Waals surface area contributed by atoms with E-state index in [0.29, 0.717) is 5.52 Å². The second kappa shape index (κ2) is 3.60. The average Bonchev–Trinajstić information content (AvgIpc) is 2.82. The summed E-state index contributed by atoms with van der Waals surface area (Å²) in [6.45, 7) is 0. The summed E-state index contributed by atoms with van der Waals surface area (Å²) < 4.78 is 6.70. The molecule has 0 spiro atoms. The number of aromatic hydroxyl groups is 1. The molecule has 98 valence electrons. The first-order valence-electron chi connectivity index (χ1n) is 6.20. The fraction of sp³-hybridized carbons (Fsp3) is 0.0667.